The van der Waals surface area contributed by atoms with E-state index in [-0.39, 0.29) is 5.22 Å². The molecule has 2 aromatic heterocycles. The second-order valence-electron chi connectivity index (χ2n) is 4.63. The maximum atomic E-state index is 10.3. The van der Waals surface area contributed by atoms with Gasteiger partial charge >= 0.3 is 0 Å². The Morgan fingerprint density at radius 3 is 2.85 bits per heavy atom. The van der Waals surface area contributed by atoms with Gasteiger partial charge in [0.15, 0.2) is 5.22 Å². The number of nitrogens with zero attached hydrogens (tertiary/aromatic N) is 2. The van der Waals surface area contributed by atoms with Crippen LogP contribution in [0, 0.1) is 0 Å². The molecule has 104 valence electrons. The van der Waals surface area contributed by atoms with Crippen molar-refractivity contribution in [2.45, 2.75) is 26.0 Å². The lowest BCUT2D eigenvalue weighted by Gasteiger charge is -2.10. The predicted molar refractivity (Wildman–Crippen MR) is 77.8 cm³/mol. The molecule has 5 heteroatoms. The van der Waals surface area contributed by atoms with Crippen molar-refractivity contribution in [2.75, 3.05) is 0 Å². The predicted octanol–water partition coefficient (Wildman–Crippen LogP) is 3.58. The lowest BCUT2D eigenvalue weighted by Crippen LogP contribution is -2.08. The minimum absolute atomic E-state index is 0.233. The first kappa shape index (κ1) is 13.2. The third kappa shape index (κ3) is 2.21. The summed E-state index contributed by atoms with van der Waals surface area (Å²) >= 11 is 5.90. The van der Waals surface area contributed by atoms with Gasteiger partial charge in [0.2, 0.25) is 0 Å². The molecule has 0 radical (unpaired) electrons. The Kier molecular flexibility index (Phi) is 3.51. The van der Waals surface area contributed by atoms with Crippen molar-refractivity contribution in [2.24, 2.45) is 0 Å². The highest BCUT2D eigenvalue weighted by atomic mass is 35.5. The van der Waals surface area contributed by atoms with Crippen LogP contribution in [0.5, 0.6) is 0 Å². The van der Waals surface area contributed by atoms with Crippen LogP contribution in [0.25, 0.3) is 11.0 Å². The van der Waals surface area contributed by atoms with E-state index in [0.29, 0.717) is 12.0 Å². The molecule has 3 aromatic rings. The third-order valence-corrected chi connectivity index (χ3v) is 3.74. The van der Waals surface area contributed by atoms with Gasteiger partial charge in [0.25, 0.3) is 0 Å². The highest BCUT2D eigenvalue weighted by Gasteiger charge is 2.18. The summed E-state index contributed by atoms with van der Waals surface area (Å²) < 4.78 is 7.12. The normalized spacial score (nSPS) is 12.9. The molecule has 0 saturated heterocycles. The van der Waals surface area contributed by atoms with Gasteiger partial charge in [0.05, 0.1) is 23.4 Å². The first-order valence-corrected chi connectivity index (χ1v) is 6.93. The summed E-state index contributed by atoms with van der Waals surface area (Å²) in [7, 11) is 0. The monoisotopic (exact) mass is 290 g/mol. The molecule has 0 aliphatic carbocycles. The second kappa shape index (κ2) is 5.31. The lowest BCUT2D eigenvalue weighted by molar-refractivity contribution is 0.174. The van der Waals surface area contributed by atoms with Gasteiger partial charge in [-0.25, -0.2) is 4.98 Å². The number of hydrogen-bond acceptors (Lipinski definition) is 3. The number of halogens is 1. The maximum absolute atomic E-state index is 10.3. The number of furan rings is 1. The van der Waals surface area contributed by atoms with Gasteiger partial charge in [0, 0.05) is 18.5 Å². The molecule has 20 heavy (non-hydrogen) atoms. The van der Waals surface area contributed by atoms with E-state index < -0.39 is 6.10 Å². The summed E-state index contributed by atoms with van der Waals surface area (Å²) in [5.74, 6) is 0.846. The zero-order valence-electron chi connectivity index (χ0n) is 11.1. The number of aliphatic hydroxyl groups is 1. The molecular weight excluding hydrogens is 276 g/mol. The number of hydrogen-bond donors (Lipinski definition) is 1. The number of para-hydroxylation sites is 2. The summed E-state index contributed by atoms with van der Waals surface area (Å²) in [6.45, 7) is 2.87. The van der Waals surface area contributed by atoms with E-state index >= 15 is 0 Å². The summed E-state index contributed by atoms with van der Waals surface area (Å²) in [6.07, 6.45) is 1.16. The minimum atomic E-state index is -0.719. The van der Waals surface area contributed by atoms with Gasteiger partial charge in [-0.2, -0.15) is 0 Å². The molecule has 1 atom stereocenters. The Labute approximate surface area is 121 Å². The summed E-state index contributed by atoms with van der Waals surface area (Å²) in [4.78, 5) is 4.59. The molecule has 0 bridgehead atoms. The van der Waals surface area contributed by atoms with E-state index in [1.165, 1.54) is 6.26 Å². The Bertz CT molecular complexity index is 732. The molecule has 1 unspecified atom stereocenters. The topological polar surface area (TPSA) is 51.2 Å². The van der Waals surface area contributed by atoms with Gasteiger partial charge < -0.3 is 14.1 Å². The first-order chi connectivity index (χ1) is 9.70. The van der Waals surface area contributed by atoms with Crippen molar-refractivity contribution in [1.29, 1.82) is 0 Å². The molecule has 0 spiro atoms. The molecule has 0 aliphatic heterocycles. The molecular formula is C15H15ClN2O2. The van der Waals surface area contributed by atoms with Crippen LogP contribution in [-0.4, -0.2) is 14.7 Å². The first-order valence-electron chi connectivity index (χ1n) is 6.55. The standard InChI is InChI=1S/C15H15ClN2O2/c1-2-18-12-6-4-3-5-11(12)17-14(18)9-13(19)10-7-8-20-15(10)16/h3-8,13,19H,2,9H2,1H3. The number of imidazole rings is 1. The largest absolute Gasteiger partial charge is 0.453 e. The smallest absolute Gasteiger partial charge is 0.198 e. The van der Waals surface area contributed by atoms with Crippen molar-refractivity contribution in [3.63, 3.8) is 0 Å². The summed E-state index contributed by atoms with van der Waals surface area (Å²) in [6, 6.07) is 9.65. The quantitative estimate of drug-likeness (QED) is 0.799. The van der Waals surface area contributed by atoms with Crippen molar-refractivity contribution < 1.29 is 9.52 Å². The Balaban J connectivity index is 1.96. The minimum Gasteiger partial charge on any atom is -0.453 e. The van der Waals surface area contributed by atoms with Crippen LogP contribution >= 0.6 is 11.6 Å². The molecule has 4 nitrogen and oxygen atoms in total. The number of rotatable bonds is 4. The van der Waals surface area contributed by atoms with Crippen LogP contribution in [0.4, 0.5) is 0 Å². The number of fused-ring (bicyclic) bond motifs is 1. The molecule has 1 N–H and O–H groups in total. The van der Waals surface area contributed by atoms with E-state index in [1.807, 2.05) is 24.3 Å². The molecule has 3 rings (SSSR count). The van der Waals surface area contributed by atoms with E-state index in [0.717, 1.165) is 23.4 Å². The van der Waals surface area contributed by atoms with Gasteiger partial charge in [-0.15, -0.1) is 0 Å². The molecule has 0 amide bonds. The Hall–Kier alpha value is -1.78. The molecule has 1 aromatic carbocycles. The van der Waals surface area contributed by atoms with E-state index in [1.54, 1.807) is 6.07 Å². The fraction of sp³-hybridized carbons (Fsp3) is 0.267. The van der Waals surface area contributed by atoms with Gasteiger partial charge in [-0.05, 0) is 36.7 Å². The van der Waals surface area contributed by atoms with E-state index in [9.17, 15) is 5.11 Å². The number of benzene rings is 1. The molecule has 0 fully saturated rings. The van der Waals surface area contributed by atoms with Crippen LogP contribution in [0.15, 0.2) is 41.0 Å². The average Bonchev–Trinajstić information content (AvgIpc) is 3.01. The third-order valence-electron chi connectivity index (χ3n) is 3.43. The molecule has 0 saturated carbocycles. The molecule has 2 heterocycles. The van der Waals surface area contributed by atoms with Crippen LogP contribution in [0.1, 0.15) is 24.4 Å². The fourth-order valence-electron chi connectivity index (χ4n) is 2.46. The SMILES string of the molecule is CCn1c(CC(O)c2ccoc2Cl)nc2ccccc21. The van der Waals surface area contributed by atoms with Crippen LogP contribution in [0.2, 0.25) is 5.22 Å². The molecule has 0 aliphatic rings. The van der Waals surface area contributed by atoms with Gasteiger partial charge in [-0.1, -0.05) is 12.1 Å². The van der Waals surface area contributed by atoms with Crippen LogP contribution in [0.3, 0.4) is 0 Å². The van der Waals surface area contributed by atoms with Gasteiger partial charge in [-0.3, -0.25) is 0 Å². The number of aryl methyl sites for hydroxylation is 1. The number of aliphatic hydroxyl groups excluding tert-OH is 1. The van der Waals surface area contributed by atoms with E-state index in [4.69, 9.17) is 16.0 Å². The Morgan fingerprint density at radius 2 is 2.15 bits per heavy atom. The van der Waals surface area contributed by atoms with Crippen molar-refractivity contribution in [3.05, 3.63) is 53.2 Å². The van der Waals surface area contributed by atoms with Crippen molar-refractivity contribution >= 4 is 22.6 Å². The van der Waals surface area contributed by atoms with Crippen molar-refractivity contribution in [3.8, 4) is 0 Å². The highest BCUT2D eigenvalue weighted by molar-refractivity contribution is 6.29. The Morgan fingerprint density at radius 1 is 1.35 bits per heavy atom. The second-order valence-corrected chi connectivity index (χ2v) is 4.97. The fourth-order valence-corrected chi connectivity index (χ4v) is 2.70. The van der Waals surface area contributed by atoms with Crippen LogP contribution < -0.4 is 0 Å². The van der Waals surface area contributed by atoms with Gasteiger partial charge in [0.1, 0.15) is 5.82 Å². The maximum Gasteiger partial charge on any atom is 0.198 e. The van der Waals surface area contributed by atoms with E-state index in [2.05, 4.69) is 16.5 Å². The summed E-state index contributed by atoms with van der Waals surface area (Å²) in [5, 5.41) is 10.5. The zero-order chi connectivity index (χ0) is 14.1. The average molecular weight is 291 g/mol. The van der Waals surface area contributed by atoms with Crippen LogP contribution in [-0.2, 0) is 13.0 Å². The highest BCUT2D eigenvalue weighted by Crippen LogP contribution is 2.27. The lowest BCUT2D eigenvalue weighted by atomic mass is 10.1. The number of aromatic nitrogens is 2. The van der Waals surface area contributed by atoms with Crippen molar-refractivity contribution in [1.82, 2.24) is 9.55 Å². The summed E-state index contributed by atoms with van der Waals surface area (Å²) in [5.41, 5.74) is 2.62. The zero-order valence-corrected chi connectivity index (χ0v) is 11.8.